The second-order valence-electron chi connectivity index (χ2n) is 3.59. The molecule has 0 aliphatic heterocycles. The summed E-state index contributed by atoms with van der Waals surface area (Å²) in [6, 6.07) is 18.5. The van der Waals surface area contributed by atoms with Crippen molar-refractivity contribution in [2.24, 2.45) is 0 Å². The van der Waals surface area contributed by atoms with Gasteiger partial charge in [0.2, 0.25) is 0 Å². The van der Waals surface area contributed by atoms with Crippen molar-refractivity contribution in [2.45, 2.75) is 5.92 Å². The van der Waals surface area contributed by atoms with E-state index in [4.69, 9.17) is 0 Å². The molecule has 3 heteroatoms. The summed E-state index contributed by atoms with van der Waals surface area (Å²) in [6.45, 7) is 0. The van der Waals surface area contributed by atoms with Crippen molar-refractivity contribution in [3.63, 3.8) is 0 Å². The fraction of sp³-hybridized carbons (Fsp3) is 0.0714. The predicted octanol–water partition coefficient (Wildman–Crippen LogP) is 2.90. The second-order valence-corrected chi connectivity index (χ2v) is 3.59. The maximum Gasteiger partial charge on any atom is 0.315 e. The van der Waals surface area contributed by atoms with Gasteiger partial charge in [-0.05, 0) is 11.1 Å². The number of carbonyl (C=O) groups is 1. The van der Waals surface area contributed by atoms with E-state index in [0.29, 0.717) is 0 Å². The molecular formula is C14H12O2Zn. The molecule has 0 saturated heterocycles. The van der Waals surface area contributed by atoms with Gasteiger partial charge in [-0.1, -0.05) is 60.7 Å². The minimum Gasteiger partial charge on any atom is -0.481 e. The Labute approximate surface area is 113 Å². The first-order chi connectivity index (χ1) is 7.79. The van der Waals surface area contributed by atoms with E-state index in [1.54, 1.807) is 0 Å². The van der Waals surface area contributed by atoms with Crippen molar-refractivity contribution in [1.82, 2.24) is 0 Å². The molecule has 0 fully saturated rings. The maximum atomic E-state index is 11.3. The first-order valence-electron chi connectivity index (χ1n) is 5.12. The molecular weight excluding hydrogens is 266 g/mol. The van der Waals surface area contributed by atoms with Gasteiger partial charge in [-0.15, -0.1) is 0 Å². The molecule has 2 aromatic carbocycles. The third-order valence-electron chi connectivity index (χ3n) is 2.51. The number of benzene rings is 2. The summed E-state index contributed by atoms with van der Waals surface area (Å²) < 4.78 is 0. The van der Waals surface area contributed by atoms with Gasteiger partial charge in [0, 0.05) is 19.5 Å². The molecule has 0 amide bonds. The Morgan fingerprint density at radius 1 is 0.824 bits per heavy atom. The SMILES string of the molecule is O=C(O)C(c1ccccc1)c1ccccc1.[Zn]. The molecule has 0 saturated carbocycles. The van der Waals surface area contributed by atoms with Gasteiger partial charge in [-0.3, -0.25) is 4.79 Å². The molecule has 0 atom stereocenters. The number of rotatable bonds is 3. The second kappa shape index (κ2) is 6.31. The summed E-state index contributed by atoms with van der Waals surface area (Å²) in [6.07, 6.45) is 0. The average Bonchev–Trinajstić information content (AvgIpc) is 2.31. The molecule has 82 valence electrons. The molecule has 2 nitrogen and oxygen atoms in total. The van der Waals surface area contributed by atoms with Crippen LogP contribution < -0.4 is 0 Å². The topological polar surface area (TPSA) is 37.3 Å². The summed E-state index contributed by atoms with van der Waals surface area (Å²) in [4.78, 5) is 11.3. The van der Waals surface area contributed by atoms with E-state index in [1.165, 1.54) is 0 Å². The number of carboxylic acids is 1. The molecule has 0 spiro atoms. The van der Waals surface area contributed by atoms with E-state index in [-0.39, 0.29) is 19.5 Å². The van der Waals surface area contributed by atoms with Crippen LogP contribution >= 0.6 is 0 Å². The van der Waals surface area contributed by atoms with Gasteiger partial charge in [-0.25, -0.2) is 0 Å². The van der Waals surface area contributed by atoms with E-state index in [9.17, 15) is 9.90 Å². The molecule has 0 unspecified atom stereocenters. The van der Waals surface area contributed by atoms with Crippen LogP contribution in [-0.2, 0) is 24.3 Å². The van der Waals surface area contributed by atoms with Crippen LogP contribution in [0.3, 0.4) is 0 Å². The number of carboxylic acid groups (broad SMARTS) is 1. The number of hydrogen-bond donors (Lipinski definition) is 1. The zero-order valence-electron chi connectivity index (χ0n) is 9.41. The summed E-state index contributed by atoms with van der Waals surface area (Å²) >= 11 is 0. The van der Waals surface area contributed by atoms with E-state index in [1.807, 2.05) is 60.7 Å². The monoisotopic (exact) mass is 276 g/mol. The fourth-order valence-corrected chi connectivity index (χ4v) is 1.77. The van der Waals surface area contributed by atoms with E-state index in [2.05, 4.69) is 0 Å². The first kappa shape index (κ1) is 13.6. The van der Waals surface area contributed by atoms with E-state index >= 15 is 0 Å². The Kier molecular flexibility index (Phi) is 5.05. The van der Waals surface area contributed by atoms with E-state index in [0.717, 1.165) is 11.1 Å². The molecule has 0 aromatic heterocycles. The van der Waals surface area contributed by atoms with Crippen LogP contribution in [0.2, 0.25) is 0 Å². The maximum absolute atomic E-state index is 11.3. The van der Waals surface area contributed by atoms with Crippen LogP contribution in [-0.4, -0.2) is 11.1 Å². The largest absolute Gasteiger partial charge is 0.481 e. The van der Waals surface area contributed by atoms with Crippen molar-refractivity contribution in [3.8, 4) is 0 Å². The first-order valence-corrected chi connectivity index (χ1v) is 5.12. The van der Waals surface area contributed by atoms with Crippen LogP contribution in [0.5, 0.6) is 0 Å². The standard InChI is InChI=1S/C14H12O2.Zn/c15-14(16)13(11-7-3-1-4-8-11)12-9-5-2-6-10-12;/h1-10,13H,(H,15,16);. The minimum absolute atomic E-state index is 0. The minimum atomic E-state index is -0.822. The number of aliphatic carboxylic acids is 1. The van der Waals surface area contributed by atoms with Crippen LogP contribution in [0.1, 0.15) is 17.0 Å². The van der Waals surface area contributed by atoms with Gasteiger partial charge >= 0.3 is 5.97 Å². The van der Waals surface area contributed by atoms with Crippen LogP contribution in [0.25, 0.3) is 0 Å². The van der Waals surface area contributed by atoms with Gasteiger partial charge in [-0.2, -0.15) is 0 Å². The summed E-state index contributed by atoms with van der Waals surface area (Å²) in [5.41, 5.74) is 1.61. The van der Waals surface area contributed by atoms with Crippen molar-refractivity contribution < 1.29 is 29.4 Å². The molecule has 2 aromatic rings. The average molecular weight is 278 g/mol. The van der Waals surface area contributed by atoms with E-state index < -0.39 is 11.9 Å². The van der Waals surface area contributed by atoms with Crippen LogP contribution in [0, 0.1) is 0 Å². The number of hydrogen-bond acceptors (Lipinski definition) is 1. The molecule has 0 bridgehead atoms. The molecule has 1 N–H and O–H groups in total. The van der Waals surface area contributed by atoms with Gasteiger partial charge in [0.1, 0.15) is 5.92 Å². The van der Waals surface area contributed by atoms with Crippen molar-refractivity contribution in [3.05, 3.63) is 71.8 Å². The molecule has 0 aliphatic carbocycles. The Balaban J connectivity index is 0.00000144. The summed E-state index contributed by atoms with van der Waals surface area (Å²) in [7, 11) is 0. The van der Waals surface area contributed by atoms with Gasteiger partial charge < -0.3 is 5.11 Å². The van der Waals surface area contributed by atoms with Gasteiger partial charge in [0.25, 0.3) is 0 Å². The zero-order chi connectivity index (χ0) is 11.4. The molecule has 2 rings (SSSR count). The van der Waals surface area contributed by atoms with Crippen molar-refractivity contribution in [1.29, 1.82) is 0 Å². The zero-order valence-corrected chi connectivity index (χ0v) is 12.4. The fourth-order valence-electron chi connectivity index (χ4n) is 1.77. The quantitative estimate of drug-likeness (QED) is 0.876. The predicted molar refractivity (Wildman–Crippen MR) is 62.4 cm³/mol. The Morgan fingerprint density at radius 3 is 1.47 bits per heavy atom. The molecule has 0 heterocycles. The van der Waals surface area contributed by atoms with Crippen LogP contribution in [0.4, 0.5) is 0 Å². The Morgan fingerprint density at radius 2 is 1.18 bits per heavy atom. The molecule has 17 heavy (non-hydrogen) atoms. The summed E-state index contributed by atoms with van der Waals surface area (Å²) in [5.74, 6) is -1.40. The molecule has 0 aliphatic rings. The normalized spacial score (nSPS) is 9.71. The summed E-state index contributed by atoms with van der Waals surface area (Å²) in [5, 5.41) is 9.28. The Bertz CT molecular complexity index is 429. The third-order valence-corrected chi connectivity index (χ3v) is 2.51. The van der Waals surface area contributed by atoms with Gasteiger partial charge in [0.15, 0.2) is 0 Å². The third kappa shape index (κ3) is 3.24. The molecule has 0 radical (unpaired) electrons. The Hall–Kier alpha value is -1.47. The van der Waals surface area contributed by atoms with Crippen molar-refractivity contribution >= 4 is 5.97 Å². The van der Waals surface area contributed by atoms with Gasteiger partial charge in [0.05, 0.1) is 0 Å². The van der Waals surface area contributed by atoms with Crippen LogP contribution in [0.15, 0.2) is 60.7 Å². The smallest absolute Gasteiger partial charge is 0.315 e. The van der Waals surface area contributed by atoms with Crippen molar-refractivity contribution in [2.75, 3.05) is 0 Å².